The van der Waals surface area contributed by atoms with Crippen molar-refractivity contribution < 1.29 is 27.4 Å². The third kappa shape index (κ3) is 3.27. The van der Waals surface area contributed by atoms with Gasteiger partial charge in [-0.05, 0) is 43.2 Å². The molecule has 0 bridgehead atoms. The van der Waals surface area contributed by atoms with Crippen molar-refractivity contribution in [2.75, 3.05) is 34.0 Å². The first kappa shape index (κ1) is 18.9. The normalized spacial score (nSPS) is 19.4. The van der Waals surface area contributed by atoms with E-state index >= 15 is 0 Å². The molecular formula is C20H23NO6S. The minimum absolute atomic E-state index is 0.200. The van der Waals surface area contributed by atoms with Gasteiger partial charge in [-0.1, -0.05) is 0 Å². The highest BCUT2D eigenvalue weighted by Gasteiger charge is 2.38. The van der Waals surface area contributed by atoms with Gasteiger partial charge in [-0.2, -0.15) is 4.31 Å². The van der Waals surface area contributed by atoms with Gasteiger partial charge >= 0.3 is 0 Å². The number of fused-ring (bicyclic) bond motifs is 1. The Bertz CT molecular complexity index is 975. The fraction of sp³-hybridized carbons (Fsp3) is 0.400. The second kappa shape index (κ2) is 7.52. The van der Waals surface area contributed by atoms with Crippen molar-refractivity contribution in [1.29, 1.82) is 0 Å². The summed E-state index contributed by atoms with van der Waals surface area (Å²) in [5, 5.41) is 0. The predicted octanol–water partition coefficient (Wildman–Crippen LogP) is 3.00. The highest BCUT2D eigenvalue weighted by Crippen LogP contribution is 2.42. The smallest absolute Gasteiger partial charge is 0.243 e. The van der Waals surface area contributed by atoms with Gasteiger partial charge in [0.25, 0.3) is 0 Å². The fourth-order valence-electron chi connectivity index (χ4n) is 3.76. The Labute approximate surface area is 164 Å². The van der Waals surface area contributed by atoms with Crippen molar-refractivity contribution in [3.8, 4) is 23.0 Å². The first-order valence-corrected chi connectivity index (χ1v) is 10.6. The Morgan fingerprint density at radius 3 is 2.54 bits per heavy atom. The molecule has 2 aliphatic heterocycles. The number of benzene rings is 2. The van der Waals surface area contributed by atoms with Crippen LogP contribution < -0.4 is 18.9 Å². The lowest BCUT2D eigenvalue weighted by Gasteiger charge is -2.27. The van der Waals surface area contributed by atoms with Crippen molar-refractivity contribution in [1.82, 2.24) is 4.31 Å². The minimum Gasteiger partial charge on any atom is -0.497 e. The maximum atomic E-state index is 13.4. The summed E-state index contributed by atoms with van der Waals surface area (Å²) in [5.41, 5.74) is 0.806. The van der Waals surface area contributed by atoms with Crippen molar-refractivity contribution in [2.24, 2.45) is 0 Å². The number of ether oxygens (including phenoxy) is 4. The number of hydrogen-bond acceptors (Lipinski definition) is 6. The molecule has 0 amide bonds. The average molecular weight is 405 g/mol. The first-order valence-electron chi connectivity index (χ1n) is 9.18. The summed E-state index contributed by atoms with van der Waals surface area (Å²) in [7, 11) is -0.542. The average Bonchev–Trinajstić information content (AvgIpc) is 3.23. The van der Waals surface area contributed by atoms with Crippen molar-refractivity contribution >= 4 is 10.0 Å². The Morgan fingerprint density at radius 1 is 1.00 bits per heavy atom. The van der Waals surface area contributed by atoms with Gasteiger partial charge in [-0.3, -0.25) is 0 Å². The van der Waals surface area contributed by atoms with E-state index in [2.05, 4.69) is 0 Å². The Balaban J connectivity index is 1.72. The van der Waals surface area contributed by atoms with Crippen LogP contribution in [0.25, 0.3) is 0 Å². The van der Waals surface area contributed by atoms with Crippen LogP contribution in [0.2, 0.25) is 0 Å². The highest BCUT2D eigenvalue weighted by atomic mass is 32.2. The third-order valence-electron chi connectivity index (χ3n) is 5.12. The van der Waals surface area contributed by atoms with Gasteiger partial charge in [0.2, 0.25) is 10.0 Å². The van der Waals surface area contributed by atoms with Crippen LogP contribution in [0.3, 0.4) is 0 Å². The molecule has 1 fully saturated rings. The molecule has 0 aliphatic carbocycles. The maximum absolute atomic E-state index is 13.4. The Hall–Kier alpha value is -2.45. The second-order valence-electron chi connectivity index (χ2n) is 6.69. The second-order valence-corrected chi connectivity index (χ2v) is 8.58. The van der Waals surface area contributed by atoms with E-state index in [9.17, 15) is 8.42 Å². The van der Waals surface area contributed by atoms with E-state index in [0.717, 1.165) is 12.0 Å². The van der Waals surface area contributed by atoms with Crippen LogP contribution in [-0.2, 0) is 10.0 Å². The van der Waals surface area contributed by atoms with E-state index in [1.807, 2.05) is 6.07 Å². The summed E-state index contributed by atoms with van der Waals surface area (Å²) in [6, 6.07) is 9.91. The molecule has 0 N–H and O–H groups in total. The zero-order valence-corrected chi connectivity index (χ0v) is 16.7. The number of sulfonamides is 1. The van der Waals surface area contributed by atoms with Crippen LogP contribution in [0.4, 0.5) is 0 Å². The van der Waals surface area contributed by atoms with Crippen LogP contribution in [0, 0.1) is 0 Å². The Kier molecular flexibility index (Phi) is 5.07. The number of methoxy groups -OCH3 is 2. The molecule has 150 valence electrons. The van der Waals surface area contributed by atoms with E-state index in [0.29, 0.717) is 49.2 Å². The lowest BCUT2D eigenvalue weighted by molar-refractivity contribution is 0.171. The van der Waals surface area contributed by atoms with E-state index in [1.165, 1.54) is 4.31 Å². The van der Waals surface area contributed by atoms with Crippen molar-refractivity contribution in [2.45, 2.75) is 23.8 Å². The van der Waals surface area contributed by atoms with Crippen molar-refractivity contribution in [3.05, 3.63) is 42.0 Å². The molecule has 8 heteroatoms. The van der Waals surface area contributed by atoms with Gasteiger partial charge < -0.3 is 18.9 Å². The molecular weight excluding hydrogens is 382 g/mol. The van der Waals surface area contributed by atoms with E-state index in [1.54, 1.807) is 44.6 Å². The summed E-state index contributed by atoms with van der Waals surface area (Å²) in [4.78, 5) is 0.200. The molecule has 0 radical (unpaired) electrons. The topological polar surface area (TPSA) is 74.3 Å². The maximum Gasteiger partial charge on any atom is 0.243 e. The van der Waals surface area contributed by atoms with Gasteiger partial charge in [-0.15, -0.1) is 0 Å². The van der Waals surface area contributed by atoms with Gasteiger partial charge in [0, 0.05) is 18.2 Å². The number of nitrogens with zero attached hydrogens (tertiary/aromatic N) is 1. The standard InChI is InChI=1S/C20H23NO6S/c1-24-14-5-7-18(25-2)16(12-14)17-4-3-9-21(17)28(22,23)15-6-8-19-20(13-15)27-11-10-26-19/h5-8,12-13,17H,3-4,9-11H2,1-2H3/t17-/m1/s1. The quantitative estimate of drug-likeness (QED) is 0.761. The van der Waals surface area contributed by atoms with E-state index < -0.39 is 10.0 Å². The fourth-order valence-corrected chi connectivity index (χ4v) is 5.45. The molecule has 0 spiro atoms. The van der Waals surface area contributed by atoms with Crippen LogP contribution in [0.1, 0.15) is 24.4 Å². The molecule has 1 saturated heterocycles. The molecule has 7 nitrogen and oxygen atoms in total. The molecule has 2 aliphatic rings. The summed E-state index contributed by atoms with van der Waals surface area (Å²) < 4.78 is 50.2. The van der Waals surface area contributed by atoms with Gasteiger partial charge in [0.15, 0.2) is 11.5 Å². The monoisotopic (exact) mass is 405 g/mol. The largest absolute Gasteiger partial charge is 0.497 e. The lowest BCUT2D eigenvalue weighted by atomic mass is 10.0. The lowest BCUT2D eigenvalue weighted by Crippen LogP contribution is -2.31. The first-order chi connectivity index (χ1) is 13.5. The molecule has 28 heavy (non-hydrogen) atoms. The summed E-state index contributed by atoms with van der Waals surface area (Å²) >= 11 is 0. The molecule has 2 heterocycles. The van der Waals surface area contributed by atoms with Crippen molar-refractivity contribution in [3.63, 3.8) is 0 Å². The van der Waals surface area contributed by atoms with Crippen LogP contribution in [0.5, 0.6) is 23.0 Å². The van der Waals surface area contributed by atoms with E-state index in [4.69, 9.17) is 18.9 Å². The Morgan fingerprint density at radius 2 is 1.79 bits per heavy atom. The third-order valence-corrected chi connectivity index (χ3v) is 7.02. The summed E-state index contributed by atoms with van der Waals surface area (Å²) in [6.07, 6.45) is 1.49. The van der Waals surface area contributed by atoms with Gasteiger partial charge in [-0.25, -0.2) is 8.42 Å². The van der Waals surface area contributed by atoms with Gasteiger partial charge in [0.05, 0.1) is 25.2 Å². The predicted molar refractivity (Wildman–Crippen MR) is 103 cm³/mol. The number of hydrogen-bond donors (Lipinski definition) is 0. The molecule has 1 atom stereocenters. The van der Waals surface area contributed by atoms with Crippen LogP contribution in [-0.4, -0.2) is 46.7 Å². The zero-order chi connectivity index (χ0) is 19.7. The van der Waals surface area contributed by atoms with Crippen LogP contribution in [0.15, 0.2) is 41.3 Å². The number of rotatable bonds is 5. The summed E-state index contributed by atoms with van der Waals surface area (Å²) in [6.45, 7) is 1.31. The van der Waals surface area contributed by atoms with E-state index in [-0.39, 0.29) is 10.9 Å². The minimum atomic E-state index is -3.71. The highest BCUT2D eigenvalue weighted by molar-refractivity contribution is 7.89. The molecule has 0 unspecified atom stereocenters. The summed E-state index contributed by atoms with van der Waals surface area (Å²) in [5.74, 6) is 2.34. The molecule has 2 aromatic rings. The molecule has 0 saturated carbocycles. The zero-order valence-electron chi connectivity index (χ0n) is 15.9. The van der Waals surface area contributed by atoms with Crippen LogP contribution >= 0.6 is 0 Å². The SMILES string of the molecule is COc1ccc(OC)c([C@H]2CCCN2S(=O)(=O)c2ccc3c(c2)OCCO3)c1. The molecule has 0 aromatic heterocycles. The molecule has 2 aromatic carbocycles. The van der Waals surface area contributed by atoms with Gasteiger partial charge in [0.1, 0.15) is 24.7 Å². The molecule has 4 rings (SSSR count).